The molecule has 2 rings (SSSR count). The Morgan fingerprint density at radius 2 is 1.75 bits per heavy atom. The molecular formula is C17H20O2S. The number of carbonyl (C=O) groups excluding carboxylic acids is 1. The fourth-order valence-corrected chi connectivity index (χ4v) is 2.65. The summed E-state index contributed by atoms with van der Waals surface area (Å²) < 4.78 is 5.56. The van der Waals surface area contributed by atoms with Crippen LogP contribution in [0.3, 0.4) is 0 Å². The number of ketones is 1. The summed E-state index contributed by atoms with van der Waals surface area (Å²) in [5.74, 6) is 0.766. The van der Waals surface area contributed by atoms with Gasteiger partial charge in [0.1, 0.15) is 5.75 Å². The lowest BCUT2D eigenvalue weighted by Crippen LogP contribution is -2.12. The topological polar surface area (TPSA) is 26.3 Å². The van der Waals surface area contributed by atoms with Crippen LogP contribution in [0.5, 0.6) is 5.75 Å². The first kappa shape index (κ1) is 14.8. The lowest BCUT2D eigenvalue weighted by molar-refractivity contribution is 0.0925. The summed E-state index contributed by atoms with van der Waals surface area (Å²) in [5, 5.41) is 0. The summed E-state index contributed by atoms with van der Waals surface area (Å²) >= 11 is 1.51. The normalized spacial score (nSPS) is 11.4. The SMILES string of the molecule is Cc1ccc(C(=O)COc2ccc(C(C)(C)C)cc2)s1. The zero-order valence-corrected chi connectivity index (χ0v) is 13.2. The second-order valence-corrected chi connectivity index (χ2v) is 7.18. The quantitative estimate of drug-likeness (QED) is 0.768. The number of Topliss-reactive ketones (excluding diaryl/α,β-unsaturated/α-hetero) is 1. The third-order valence-corrected chi connectivity index (χ3v) is 4.15. The van der Waals surface area contributed by atoms with Gasteiger partial charge in [0.2, 0.25) is 5.78 Å². The molecule has 0 fully saturated rings. The molecule has 0 N–H and O–H groups in total. The molecule has 2 aromatic rings. The standard InChI is InChI=1S/C17H20O2S/c1-12-5-10-16(20-12)15(18)11-19-14-8-6-13(7-9-14)17(2,3)4/h5-10H,11H2,1-4H3. The van der Waals surface area contributed by atoms with Gasteiger partial charge in [-0.05, 0) is 42.2 Å². The van der Waals surface area contributed by atoms with E-state index in [2.05, 4.69) is 32.9 Å². The molecule has 2 nitrogen and oxygen atoms in total. The Kier molecular flexibility index (Phi) is 4.29. The number of hydrogen-bond donors (Lipinski definition) is 0. The molecule has 0 atom stereocenters. The van der Waals surface area contributed by atoms with Gasteiger partial charge in [0, 0.05) is 4.88 Å². The van der Waals surface area contributed by atoms with Crippen LogP contribution >= 0.6 is 11.3 Å². The lowest BCUT2D eigenvalue weighted by Gasteiger charge is -2.19. The zero-order chi connectivity index (χ0) is 14.8. The van der Waals surface area contributed by atoms with Crippen molar-refractivity contribution < 1.29 is 9.53 Å². The molecular weight excluding hydrogens is 268 g/mol. The molecule has 1 heterocycles. The monoisotopic (exact) mass is 288 g/mol. The minimum absolute atomic E-state index is 0.0306. The van der Waals surface area contributed by atoms with Gasteiger partial charge in [-0.2, -0.15) is 0 Å². The number of aryl methyl sites for hydroxylation is 1. The maximum absolute atomic E-state index is 11.9. The first-order valence-electron chi connectivity index (χ1n) is 6.69. The van der Waals surface area contributed by atoms with E-state index in [1.165, 1.54) is 16.9 Å². The highest BCUT2D eigenvalue weighted by atomic mass is 32.1. The molecule has 0 saturated heterocycles. The van der Waals surface area contributed by atoms with Crippen LogP contribution in [0.25, 0.3) is 0 Å². The molecule has 0 amide bonds. The predicted octanol–water partition coefficient (Wildman–Crippen LogP) is 4.62. The summed E-state index contributed by atoms with van der Waals surface area (Å²) in [6.45, 7) is 8.60. The van der Waals surface area contributed by atoms with Crippen molar-refractivity contribution >= 4 is 17.1 Å². The van der Waals surface area contributed by atoms with Crippen molar-refractivity contribution in [2.75, 3.05) is 6.61 Å². The Labute approximate surface area is 124 Å². The van der Waals surface area contributed by atoms with E-state index in [-0.39, 0.29) is 17.8 Å². The van der Waals surface area contributed by atoms with Gasteiger partial charge in [0.05, 0.1) is 4.88 Å². The maximum atomic E-state index is 11.9. The van der Waals surface area contributed by atoms with Crippen LogP contribution in [-0.4, -0.2) is 12.4 Å². The van der Waals surface area contributed by atoms with E-state index in [1.807, 2.05) is 31.2 Å². The number of rotatable bonds is 4. The number of carbonyl (C=O) groups is 1. The van der Waals surface area contributed by atoms with Crippen molar-refractivity contribution in [2.24, 2.45) is 0 Å². The van der Waals surface area contributed by atoms with Crippen LogP contribution in [-0.2, 0) is 5.41 Å². The van der Waals surface area contributed by atoms with Gasteiger partial charge >= 0.3 is 0 Å². The zero-order valence-electron chi connectivity index (χ0n) is 12.4. The fraction of sp³-hybridized carbons (Fsp3) is 0.353. The molecule has 3 heteroatoms. The van der Waals surface area contributed by atoms with E-state index >= 15 is 0 Å². The van der Waals surface area contributed by atoms with Gasteiger partial charge in [0.25, 0.3) is 0 Å². The second-order valence-electron chi connectivity index (χ2n) is 5.90. The molecule has 0 spiro atoms. The number of ether oxygens (including phenoxy) is 1. The lowest BCUT2D eigenvalue weighted by atomic mass is 9.87. The van der Waals surface area contributed by atoms with E-state index in [0.29, 0.717) is 0 Å². The smallest absolute Gasteiger partial charge is 0.210 e. The molecule has 0 aliphatic rings. The number of benzene rings is 1. The highest BCUT2D eigenvalue weighted by Crippen LogP contribution is 2.24. The Morgan fingerprint density at radius 1 is 1.10 bits per heavy atom. The molecule has 0 bridgehead atoms. The van der Waals surface area contributed by atoms with E-state index in [0.717, 1.165) is 15.5 Å². The van der Waals surface area contributed by atoms with Crippen molar-refractivity contribution in [3.05, 3.63) is 51.7 Å². The first-order chi connectivity index (χ1) is 9.36. The highest BCUT2D eigenvalue weighted by molar-refractivity contribution is 7.14. The average Bonchev–Trinajstić information content (AvgIpc) is 2.82. The van der Waals surface area contributed by atoms with Crippen LogP contribution in [0, 0.1) is 6.92 Å². The van der Waals surface area contributed by atoms with Gasteiger partial charge in [-0.1, -0.05) is 32.9 Å². The molecule has 0 radical (unpaired) electrons. The van der Waals surface area contributed by atoms with Gasteiger partial charge in [-0.3, -0.25) is 4.79 Å². The van der Waals surface area contributed by atoms with Crippen LogP contribution < -0.4 is 4.74 Å². The summed E-state index contributed by atoms with van der Waals surface area (Å²) in [6.07, 6.45) is 0. The highest BCUT2D eigenvalue weighted by Gasteiger charge is 2.13. The van der Waals surface area contributed by atoms with Gasteiger partial charge in [-0.25, -0.2) is 0 Å². The summed E-state index contributed by atoms with van der Waals surface area (Å²) in [5.41, 5.74) is 1.38. The Bertz CT molecular complexity index is 588. The number of thiophene rings is 1. The Hall–Kier alpha value is -1.61. The largest absolute Gasteiger partial charge is 0.485 e. The van der Waals surface area contributed by atoms with E-state index in [4.69, 9.17) is 4.74 Å². The van der Waals surface area contributed by atoms with Gasteiger partial charge in [0.15, 0.2) is 6.61 Å². The van der Waals surface area contributed by atoms with Crippen molar-refractivity contribution in [1.82, 2.24) is 0 Å². The molecule has 1 aromatic heterocycles. The molecule has 0 unspecified atom stereocenters. The van der Waals surface area contributed by atoms with E-state index in [1.54, 1.807) is 0 Å². The average molecular weight is 288 g/mol. The summed E-state index contributed by atoms with van der Waals surface area (Å²) in [7, 11) is 0. The molecule has 106 valence electrons. The van der Waals surface area contributed by atoms with Crippen LogP contribution in [0.2, 0.25) is 0 Å². The van der Waals surface area contributed by atoms with Gasteiger partial charge in [-0.15, -0.1) is 11.3 Å². The predicted molar refractivity (Wildman–Crippen MR) is 84.0 cm³/mol. The molecule has 0 aliphatic heterocycles. The van der Waals surface area contributed by atoms with Crippen molar-refractivity contribution in [2.45, 2.75) is 33.1 Å². The van der Waals surface area contributed by atoms with E-state index in [9.17, 15) is 4.79 Å². The molecule has 1 aromatic carbocycles. The van der Waals surface area contributed by atoms with E-state index < -0.39 is 0 Å². The first-order valence-corrected chi connectivity index (χ1v) is 7.51. The van der Waals surface area contributed by atoms with Crippen molar-refractivity contribution in [3.8, 4) is 5.75 Å². The fourth-order valence-electron chi connectivity index (χ4n) is 1.86. The minimum atomic E-state index is 0.0306. The molecule has 20 heavy (non-hydrogen) atoms. The Balaban J connectivity index is 1.96. The Morgan fingerprint density at radius 3 is 2.25 bits per heavy atom. The summed E-state index contributed by atoms with van der Waals surface area (Å²) in [6, 6.07) is 11.8. The molecule has 0 saturated carbocycles. The third-order valence-electron chi connectivity index (χ3n) is 3.11. The van der Waals surface area contributed by atoms with Crippen LogP contribution in [0.4, 0.5) is 0 Å². The summed E-state index contributed by atoms with van der Waals surface area (Å²) in [4.78, 5) is 13.8. The second kappa shape index (κ2) is 5.80. The number of hydrogen-bond acceptors (Lipinski definition) is 3. The van der Waals surface area contributed by atoms with Crippen LogP contribution in [0.15, 0.2) is 36.4 Å². The maximum Gasteiger partial charge on any atom is 0.210 e. The minimum Gasteiger partial charge on any atom is -0.485 e. The third kappa shape index (κ3) is 3.70. The van der Waals surface area contributed by atoms with Crippen molar-refractivity contribution in [3.63, 3.8) is 0 Å². The van der Waals surface area contributed by atoms with Gasteiger partial charge < -0.3 is 4.74 Å². The van der Waals surface area contributed by atoms with Crippen molar-refractivity contribution in [1.29, 1.82) is 0 Å². The van der Waals surface area contributed by atoms with Crippen LogP contribution in [0.1, 0.15) is 40.9 Å². The molecule has 0 aliphatic carbocycles.